The summed E-state index contributed by atoms with van der Waals surface area (Å²) in [6.45, 7) is 1.49. The highest BCUT2D eigenvalue weighted by molar-refractivity contribution is 7.86. The van der Waals surface area contributed by atoms with Crippen molar-refractivity contribution in [1.82, 2.24) is 5.16 Å². The van der Waals surface area contributed by atoms with Crippen LogP contribution < -0.4 is 15.1 Å². The van der Waals surface area contributed by atoms with Crippen LogP contribution in [0.5, 0.6) is 0 Å². The summed E-state index contributed by atoms with van der Waals surface area (Å²) in [5.74, 6) is 0.468. The molecule has 0 saturated carbocycles. The van der Waals surface area contributed by atoms with Crippen LogP contribution in [0.3, 0.4) is 0 Å². The number of anilines is 3. The number of cyclic esters (lactones) is 1. The van der Waals surface area contributed by atoms with Gasteiger partial charge in [-0.3, -0.25) is 9.11 Å². The molecule has 11 heteroatoms. The van der Waals surface area contributed by atoms with E-state index in [1.54, 1.807) is 11.0 Å². The number of rotatable bonds is 5. The maximum Gasteiger partial charge on any atom is 0.414 e. The molecule has 3 saturated heterocycles. The second-order valence-corrected chi connectivity index (χ2v) is 9.81. The van der Waals surface area contributed by atoms with Crippen molar-refractivity contribution in [2.75, 3.05) is 52.8 Å². The van der Waals surface area contributed by atoms with Crippen LogP contribution in [-0.2, 0) is 15.5 Å². The van der Waals surface area contributed by atoms with Gasteiger partial charge in [0.25, 0.3) is 0 Å². The van der Waals surface area contributed by atoms with E-state index in [0.29, 0.717) is 30.4 Å². The Morgan fingerprint density at radius 1 is 1.23 bits per heavy atom. The van der Waals surface area contributed by atoms with Gasteiger partial charge in [0, 0.05) is 53.6 Å². The molecule has 1 amide bonds. The Balaban J connectivity index is 1.26. The fourth-order valence-corrected chi connectivity index (χ4v) is 6.36. The van der Waals surface area contributed by atoms with Gasteiger partial charge in [-0.25, -0.2) is 13.6 Å². The lowest BCUT2D eigenvalue weighted by Crippen LogP contribution is -2.52. The largest absolute Gasteiger partial charge is 0.442 e. The number of carbonyl (C=O) groups excluding carboxylic acids is 1. The van der Waals surface area contributed by atoms with E-state index in [4.69, 9.17) is 9.26 Å². The molecule has 5 rings (SSSR count). The van der Waals surface area contributed by atoms with Crippen LogP contribution >= 0.6 is 0 Å². The van der Waals surface area contributed by atoms with Crippen LogP contribution in [0.1, 0.15) is 12.8 Å². The molecule has 3 aliphatic rings. The minimum absolute atomic E-state index is 0.0720. The molecule has 1 unspecified atom stereocenters. The third-order valence-electron chi connectivity index (χ3n) is 6.21. The molecule has 0 radical (unpaired) electrons. The van der Waals surface area contributed by atoms with Gasteiger partial charge in [0.2, 0.25) is 0 Å². The van der Waals surface area contributed by atoms with Crippen LogP contribution in [0, 0.1) is 17.0 Å². The number of piperidine rings is 1. The first kappa shape index (κ1) is 20.2. The van der Waals surface area contributed by atoms with Crippen molar-refractivity contribution in [2.24, 2.45) is 5.41 Å². The summed E-state index contributed by atoms with van der Waals surface area (Å²) in [7, 11) is -0.744. The number of aromatic nitrogens is 1. The fourth-order valence-electron chi connectivity index (χ4n) is 4.50. The normalized spacial score (nSPS) is 23.2. The maximum absolute atomic E-state index is 14.9. The van der Waals surface area contributed by atoms with Crippen molar-refractivity contribution in [3.05, 3.63) is 36.1 Å². The lowest BCUT2D eigenvalue weighted by Gasteiger charge is -2.47. The Bertz CT molecular complexity index is 978. The van der Waals surface area contributed by atoms with Gasteiger partial charge in [0.1, 0.15) is 18.1 Å². The molecule has 31 heavy (non-hydrogen) atoms. The first-order valence-electron chi connectivity index (χ1n) is 10.1. The van der Waals surface area contributed by atoms with E-state index in [9.17, 15) is 17.8 Å². The SMILES string of the molecule is O=C1OC(CNc2ccon2)CN1c1cc(F)c(N2CCC3(CC2)CS(=O)C3)c(F)c1. The molecule has 1 aromatic carbocycles. The highest BCUT2D eigenvalue weighted by Crippen LogP contribution is 2.42. The number of benzene rings is 1. The highest BCUT2D eigenvalue weighted by atomic mass is 32.2. The number of nitrogens with zero attached hydrogens (tertiary/aromatic N) is 3. The molecule has 0 aliphatic carbocycles. The minimum atomic E-state index is -0.744. The van der Waals surface area contributed by atoms with E-state index in [1.165, 1.54) is 23.3 Å². The van der Waals surface area contributed by atoms with Crippen molar-refractivity contribution in [1.29, 1.82) is 0 Å². The smallest absolute Gasteiger partial charge is 0.414 e. The second-order valence-electron chi connectivity index (χ2n) is 8.36. The molecular formula is C20H22F2N4O4S. The van der Waals surface area contributed by atoms with Crippen LogP contribution in [-0.4, -0.2) is 59.2 Å². The summed E-state index contributed by atoms with van der Waals surface area (Å²) in [5.41, 5.74) is 0.120. The molecule has 1 atom stereocenters. The summed E-state index contributed by atoms with van der Waals surface area (Å²) < 4.78 is 51.3. The van der Waals surface area contributed by atoms with Crippen LogP contribution in [0.4, 0.5) is 30.8 Å². The molecule has 0 bridgehead atoms. The third-order valence-corrected chi connectivity index (χ3v) is 8.08. The van der Waals surface area contributed by atoms with Crippen LogP contribution in [0.2, 0.25) is 0 Å². The summed E-state index contributed by atoms with van der Waals surface area (Å²) in [5, 5.41) is 6.68. The number of ether oxygens (including phenoxy) is 1. The summed E-state index contributed by atoms with van der Waals surface area (Å²) >= 11 is 0. The molecule has 1 spiro atoms. The minimum Gasteiger partial charge on any atom is -0.442 e. The summed E-state index contributed by atoms with van der Waals surface area (Å²) in [6, 6.07) is 3.98. The van der Waals surface area contributed by atoms with E-state index >= 15 is 0 Å². The van der Waals surface area contributed by atoms with E-state index in [-0.39, 0.29) is 29.9 Å². The molecule has 1 N–H and O–H groups in total. The molecule has 2 aromatic rings. The van der Waals surface area contributed by atoms with Gasteiger partial charge in [0.15, 0.2) is 17.5 Å². The highest BCUT2D eigenvalue weighted by Gasteiger charge is 2.45. The lowest BCUT2D eigenvalue weighted by molar-refractivity contribution is 0.147. The van der Waals surface area contributed by atoms with E-state index in [2.05, 4.69) is 10.5 Å². The van der Waals surface area contributed by atoms with Crippen LogP contribution in [0.15, 0.2) is 29.0 Å². The first-order chi connectivity index (χ1) is 14.9. The van der Waals surface area contributed by atoms with Gasteiger partial charge in [0.05, 0.1) is 18.8 Å². The fraction of sp³-hybridized carbons (Fsp3) is 0.500. The lowest BCUT2D eigenvalue weighted by atomic mass is 9.81. The Kier molecular flexibility index (Phi) is 5.07. The Morgan fingerprint density at radius 2 is 1.94 bits per heavy atom. The van der Waals surface area contributed by atoms with Gasteiger partial charge in [-0.15, -0.1) is 0 Å². The molecule has 3 fully saturated rings. The first-order valence-corrected chi connectivity index (χ1v) is 11.6. The average Bonchev–Trinajstić information content (AvgIpc) is 3.35. The Hall–Kier alpha value is -2.69. The van der Waals surface area contributed by atoms with E-state index in [1.807, 2.05) is 0 Å². The van der Waals surface area contributed by atoms with Gasteiger partial charge in [-0.05, 0) is 18.3 Å². The number of carbonyl (C=O) groups is 1. The van der Waals surface area contributed by atoms with Crippen molar-refractivity contribution in [2.45, 2.75) is 18.9 Å². The molecule has 8 nitrogen and oxygen atoms in total. The maximum atomic E-state index is 14.9. The average molecular weight is 452 g/mol. The zero-order chi connectivity index (χ0) is 21.6. The number of hydrogen-bond acceptors (Lipinski definition) is 7. The molecule has 4 heterocycles. The Labute approximate surface area is 180 Å². The molecule has 1 aromatic heterocycles. The number of amides is 1. The van der Waals surface area contributed by atoms with E-state index < -0.39 is 34.6 Å². The van der Waals surface area contributed by atoms with Gasteiger partial charge in [-0.2, -0.15) is 0 Å². The second kappa shape index (κ2) is 7.77. The van der Waals surface area contributed by atoms with Gasteiger partial charge < -0.3 is 19.5 Å². The zero-order valence-electron chi connectivity index (χ0n) is 16.7. The summed E-state index contributed by atoms with van der Waals surface area (Å²) in [4.78, 5) is 15.2. The predicted molar refractivity (Wildman–Crippen MR) is 111 cm³/mol. The molecule has 166 valence electrons. The topological polar surface area (TPSA) is 87.9 Å². The number of halogens is 2. The molecule has 3 aliphatic heterocycles. The molecular weight excluding hydrogens is 430 g/mol. The van der Waals surface area contributed by atoms with E-state index in [0.717, 1.165) is 12.8 Å². The van der Waals surface area contributed by atoms with Crippen molar-refractivity contribution < 1.29 is 27.0 Å². The number of hydrogen-bond donors (Lipinski definition) is 1. The van der Waals surface area contributed by atoms with Crippen molar-refractivity contribution >= 4 is 34.1 Å². The van der Waals surface area contributed by atoms with Gasteiger partial charge >= 0.3 is 6.09 Å². The Morgan fingerprint density at radius 3 is 2.55 bits per heavy atom. The quantitative estimate of drug-likeness (QED) is 0.746. The van der Waals surface area contributed by atoms with Crippen LogP contribution in [0.25, 0.3) is 0 Å². The zero-order valence-corrected chi connectivity index (χ0v) is 17.5. The summed E-state index contributed by atoms with van der Waals surface area (Å²) in [6.07, 6.45) is 1.81. The predicted octanol–water partition coefficient (Wildman–Crippen LogP) is 2.74. The number of nitrogens with one attached hydrogen (secondary N) is 1. The van der Waals surface area contributed by atoms with Gasteiger partial charge in [-0.1, -0.05) is 5.16 Å². The standard InChI is InChI=1S/C20H22F2N4O4S/c21-15-7-13(26-10-14(30-19(26)27)9-23-17-1-6-29-24-17)8-16(22)18(15)25-4-2-20(3-5-25)11-31(28)12-20/h1,6-8,14H,2-5,9-12H2,(H,23,24). The monoisotopic (exact) mass is 452 g/mol. The van der Waals surface area contributed by atoms with Crippen molar-refractivity contribution in [3.63, 3.8) is 0 Å². The third kappa shape index (κ3) is 3.86. The van der Waals surface area contributed by atoms with Crippen molar-refractivity contribution in [3.8, 4) is 0 Å².